The Morgan fingerprint density at radius 3 is 2.83 bits per heavy atom. The molecule has 1 aromatic heterocycles. The highest BCUT2D eigenvalue weighted by atomic mass is 32.1. The zero-order chi connectivity index (χ0) is 17.4. The minimum absolute atomic E-state index is 0.439. The summed E-state index contributed by atoms with van der Waals surface area (Å²) in [7, 11) is 1.75. The van der Waals surface area contributed by atoms with Crippen LogP contribution in [0.15, 0.2) is 23.7 Å². The van der Waals surface area contributed by atoms with E-state index >= 15 is 0 Å². The molecule has 1 heterocycles. The summed E-state index contributed by atoms with van der Waals surface area (Å²) in [6, 6.07) is 6.04. The van der Waals surface area contributed by atoms with Crippen molar-refractivity contribution in [1.29, 1.82) is 5.26 Å². The molecule has 0 atom stereocenters. The average molecular weight is 346 g/mol. The quantitative estimate of drug-likeness (QED) is 0.426. The molecule has 0 unspecified atom stereocenters. The molecule has 0 fully saturated rings. The number of hydrogen-bond acceptors (Lipinski definition) is 7. The third kappa shape index (κ3) is 4.93. The number of nitrogens with two attached hydrogens (primary N) is 1. The van der Waals surface area contributed by atoms with Gasteiger partial charge >= 0.3 is 0 Å². The highest BCUT2D eigenvalue weighted by Gasteiger charge is 2.11. The van der Waals surface area contributed by atoms with Crippen LogP contribution in [0.2, 0.25) is 0 Å². The zero-order valence-corrected chi connectivity index (χ0v) is 14.8. The molecule has 128 valence electrons. The Hall–Kier alpha value is -2.14. The van der Waals surface area contributed by atoms with Crippen molar-refractivity contribution in [2.45, 2.75) is 13.5 Å². The topological polar surface area (TPSA) is 84.4 Å². The van der Waals surface area contributed by atoms with Crippen LogP contribution in [0.3, 0.4) is 0 Å². The van der Waals surface area contributed by atoms with Crippen LogP contribution < -0.4 is 10.5 Å². The lowest BCUT2D eigenvalue weighted by Gasteiger charge is -2.16. The summed E-state index contributed by atoms with van der Waals surface area (Å²) < 4.78 is 11.2. The van der Waals surface area contributed by atoms with Crippen molar-refractivity contribution >= 4 is 11.3 Å². The minimum Gasteiger partial charge on any atom is -0.491 e. The SMILES string of the molecule is Cc1ncsc1-c1ccc(CN(C)C#N)c(OCCOCCN)c1. The molecule has 2 N–H and O–H groups in total. The molecule has 0 saturated heterocycles. The van der Waals surface area contributed by atoms with E-state index in [0.717, 1.165) is 27.4 Å². The lowest BCUT2D eigenvalue weighted by molar-refractivity contribution is 0.105. The van der Waals surface area contributed by atoms with E-state index in [1.165, 1.54) is 0 Å². The highest BCUT2D eigenvalue weighted by Crippen LogP contribution is 2.32. The largest absolute Gasteiger partial charge is 0.491 e. The summed E-state index contributed by atoms with van der Waals surface area (Å²) in [5, 5.41) is 9.00. The Labute approximate surface area is 146 Å². The molecule has 0 aliphatic heterocycles. The van der Waals surface area contributed by atoms with E-state index < -0.39 is 0 Å². The fraction of sp³-hybridized carbons (Fsp3) is 0.412. The van der Waals surface area contributed by atoms with Crippen LogP contribution in [0.1, 0.15) is 11.3 Å². The van der Waals surface area contributed by atoms with Gasteiger partial charge in [0.05, 0.1) is 35.8 Å². The van der Waals surface area contributed by atoms with Gasteiger partial charge in [-0.1, -0.05) is 12.1 Å². The van der Waals surface area contributed by atoms with E-state index in [0.29, 0.717) is 32.9 Å². The van der Waals surface area contributed by atoms with Crippen molar-refractivity contribution in [1.82, 2.24) is 9.88 Å². The molecule has 0 aliphatic carbocycles. The van der Waals surface area contributed by atoms with Gasteiger partial charge in [0.25, 0.3) is 0 Å². The van der Waals surface area contributed by atoms with Crippen molar-refractivity contribution in [2.75, 3.05) is 33.4 Å². The lowest BCUT2D eigenvalue weighted by atomic mass is 10.1. The monoisotopic (exact) mass is 346 g/mol. The van der Waals surface area contributed by atoms with Gasteiger partial charge in [0.1, 0.15) is 12.4 Å². The molecule has 2 rings (SSSR count). The Morgan fingerprint density at radius 2 is 2.17 bits per heavy atom. The van der Waals surface area contributed by atoms with Crippen LogP contribution in [-0.4, -0.2) is 43.3 Å². The van der Waals surface area contributed by atoms with E-state index in [9.17, 15) is 0 Å². The van der Waals surface area contributed by atoms with Gasteiger partial charge in [-0.15, -0.1) is 11.3 Å². The minimum atomic E-state index is 0.439. The summed E-state index contributed by atoms with van der Waals surface area (Å²) >= 11 is 1.60. The lowest BCUT2D eigenvalue weighted by Crippen LogP contribution is -2.15. The van der Waals surface area contributed by atoms with Crippen molar-refractivity contribution in [3.63, 3.8) is 0 Å². The van der Waals surface area contributed by atoms with Gasteiger partial charge < -0.3 is 20.1 Å². The van der Waals surface area contributed by atoms with Gasteiger partial charge in [-0.3, -0.25) is 0 Å². The molecular weight excluding hydrogens is 324 g/mol. The van der Waals surface area contributed by atoms with E-state index in [2.05, 4.69) is 11.2 Å². The van der Waals surface area contributed by atoms with Crippen LogP contribution in [-0.2, 0) is 11.3 Å². The smallest absolute Gasteiger partial charge is 0.179 e. The summed E-state index contributed by atoms with van der Waals surface area (Å²) in [5.41, 5.74) is 10.3. The number of hydrogen-bond donors (Lipinski definition) is 1. The molecule has 0 bridgehead atoms. The summed E-state index contributed by atoms with van der Waals surface area (Å²) in [6.07, 6.45) is 2.11. The van der Waals surface area contributed by atoms with E-state index in [4.69, 9.17) is 20.5 Å². The van der Waals surface area contributed by atoms with Gasteiger partial charge in [-0.2, -0.15) is 5.26 Å². The summed E-state index contributed by atoms with van der Waals surface area (Å²) in [4.78, 5) is 6.98. The third-order valence-corrected chi connectivity index (χ3v) is 4.38. The van der Waals surface area contributed by atoms with Crippen molar-refractivity contribution in [3.05, 3.63) is 35.0 Å². The number of ether oxygens (including phenoxy) is 2. The molecule has 0 radical (unpaired) electrons. The van der Waals surface area contributed by atoms with Crippen molar-refractivity contribution in [3.8, 4) is 22.4 Å². The van der Waals surface area contributed by atoms with E-state index in [1.807, 2.05) is 30.6 Å². The van der Waals surface area contributed by atoms with Gasteiger partial charge in [0, 0.05) is 19.2 Å². The number of rotatable bonds is 9. The van der Waals surface area contributed by atoms with Gasteiger partial charge in [-0.25, -0.2) is 4.98 Å². The first-order valence-corrected chi connectivity index (χ1v) is 8.58. The maximum absolute atomic E-state index is 9.00. The first kappa shape index (κ1) is 18.2. The number of benzene rings is 1. The standard InChI is InChI=1S/C17H22N4O2S/c1-13-17(24-12-20-13)14-3-4-15(10-21(2)11-19)16(9-14)23-8-7-22-6-5-18/h3-4,9,12H,5-8,10,18H2,1-2H3. The number of nitrogens with zero attached hydrogens (tertiary/aromatic N) is 3. The first-order chi connectivity index (χ1) is 11.7. The Balaban J connectivity index is 2.18. The van der Waals surface area contributed by atoms with Crippen LogP contribution in [0.5, 0.6) is 5.75 Å². The molecule has 1 aromatic carbocycles. The molecule has 0 amide bonds. The predicted octanol–water partition coefficient (Wildman–Crippen LogP) is 2.39. The van der Waals surface area contributed by atoms with Crippen LogP contribution >= 0.6 is 11.3 Å². The summed E-state index contributed by atoms with van der Waals surface area (Å²) in [6.45, 7) is 4.43. The average Bonchev–Trinajstić information content (AvgIpc) is 3.01. The van der Waals surface area contributed by atoms with Crippen molar-refractivity contribution in [2.24, 2.45) is 5.73 Å². The highest BCUT2D eigenvalue weighted by molar-refractivity contribution is 7.13. The first-order valence-electron chi connectivity index (χ1n) is 7.70. The predicted molar refractivity (Wildman–Crippen MR) is 94.7 cm³/mol. The Morgan fingerprint density at radius 1 is 1.33 bits per heavy atom. The van der Waals surface area contributed by atoms with Gasteiger partial charge in [-0.05, 0) is 18.6 Å². The Kier molecular flexibility index (Phi) is 7.00. The van der Waals surface area contributed by atoms with Crippen LogP contribution in [0.25, 0.3) is 10.4 Å². The maximum Gasteiger partial charge on any atom is 0.179 e. The van der Waals surface area contributed by atoms with Crippen molar-refractivity contribution < 1.29 is 9.47 Å². The molecule has 2 aromatic rings. The van der Waals surface area contributed by atoms with E-state index in [1.54, 1.807) is 23.3 Å². The zero-order valence-electron chi connectivity index (χ0n) is 14.0. The fourth-order valence-corrected chi connectivity index (χ4v) is 3.03. The molecule has 0 saturated carbocycles. The van der Waals surface area contributed by atoms with Crippen LogP contribution in [0.4, 0.5) is 0 Å². The van der Waals surface area contributed by atoms with Gasteiger partial charge in [0.2, 0.25) is 0 Å². The van der Waals surface area contributed by atoms with Crippen LogP contribution in [0, 0.1) is 18.4 Å². The second kappa shape index (κ2) is 9.23. The maximum atomic E-state index is 9.00. The number of aryl methyl sites for hydroxylation is 1. The molecule has 7 heteroatoms. The number of aromatic nitrogens is 1. The third-order valence-electron chi connectivity index (χ3n) is 3.40. The summed E-state index contributed by atoms with van der Waals surface area (Å²) in [5.74, 6) is 0.763. The molecule has 24 heavy (non-hydrogen) atoms. The molecular formula is C17H22N4O2S. The fourth-order valence-electron chi connectivity index (χ4n) is 2.23. The second-order valence-electron chi connectivity index (χ2n) is 5.29. The van der Waals surface area contributed by atoms with Gasteiger partial charge in [0.15, 0.2) is 6.19 Å². The van der Waals surface area contributed by atoms with E-state index in [-0.39, 0.29) is 0 Å². The number of thiazole rings is 1. The second-order valence-corrected chi connectivity index (χ2v) is 6.15. The molecule has 0 spiro atoms. The normalized spacial score (nSPS) is 10.4. The molecule has 6 nitrogen and oxygen atoms in total. The Bertz CT molecular complexity index is 696. The number of nitriles is 1. The molecule has 0 aliphatic rings.